The molecule has 0 aromatic heterocycles. The van der Waals surface area contributed by atoms with E-state index in [2.05, 4.69) is 0 Å². The fourth-order valence-electron chi connectivity index (χ4n) is 3.26. The summed E-state index contributed by atoms with van der Waals surface area (Å²) in [4.78, 5) is 0. The molecule has 0 radical (unpaired) electrons. The van der Waals surface area contributed by atoms with Gasteiger partial charge in [0.05, 0.1) is 19.8 Å². The fourth-order valence-corrected chi connectivity index (χ4v) is 3.26. The van der Waals surface area contributed by atoms with E-state index in [-0.39, 0.29) is 16.7 Å². The highest BCUT2D eigenvalue weighted by molar-refractivity contribution is 5.53. The number of halogens is 2. The van der Waals surface area contributed by atoms with Crippen molar-refractivity contribution in [2.75, 3.05) is 20.8 Å². The zero-order valence-electron chi connectivity index (χ0n) is 12.8. The van der Waals surface area contributed by atoms with Gasteiger partial charge in [-0.3, -0.25) is 0 Å². The van der Waals surface area contributed by atoms with E-state index in [0.29, 0.717) is 12.3 Å². The minimum Gasteiger partial charge on any atom is -0.493 e. The largest absolute Gasteiger partial charge is 0.493 e. The Hall–Kier alpha value is -1.36. The maximum Gasteiger partial charge on any atom is 0.274 e. The maximum absolute atomic E-state index is 13.9. The SMILES string of the molecule is COc1cc(C2(CN)CCCC2)cc(C(C)(F)F)c1OC. The fraction of sp³-hybridized carbons (Fsp3) is 0.625. The van der Waals surface area contributed by atoms with E-state index in [1.54, 1.807) is 12.1 Å². The first kappa shape index (κ1) is 16.0. The summed E-state index contributed by atoms with van der Waals surface area (Å²) in [5.41, 5.74) is 6.43. The van der Waals surface area contributed by atoms with Crippen LogP contribution in [-0.2, 0) is 11.3 Å². The van der Waals surface area contributed by atoms with Crippen molar-refractivity contribution in [2.24, 2.45) is 5.73 Å². The molecule has 0 spiro atoms. The first-order valence-electron chi connectivity index (χ1n) is 7.23. The lowest BCUT2D eigenvalue weighted by molar-refractivity contribution is 0.0145. The van der Waals surface area contributed by atoms with E-state index < -0.39 is 5.92 Å². The summed E-state index contributed by atoms with van der Waals surface area (Å²) in [5.74, 6) is -2.56. The summed E-state index contributed by atoms with van der Waals surface area (Å²) >= 11 is 0. The smallest absolute Gasteiger partial charge is 0.274 e. The second-order valence-electron chi connectivity index (χ2n) is 5.84. The first-order valence-corrected chi connectivity index (χ1v) is 7.23. The Morgan fingerprint density at radius 3 is 2.24 bits per heavy atom. The molecule has 1 aliphatic carbocycles. The van der Waals surface area contributed by atoms with Crippen LogP contribution in [0.4, 0.5) is 8.78 Å². The second kappa shape index (κ2) is 5.79. The Labute approximate surface area is 124 Å². The monoisotopic (exact) mass is 299 g/mol. The van der Waals surface area contributed by atoms with Gasteiger partial charge < -0.3 is 15.2 Å². The van der Waals surface area contributed by atoms with Crippen molar-refractivity contribution in [3.05, 3.63) is 23.3 Å². The average Bonchev–Trinajstić information content (AvgIpc) is 2.94. The van der Waals surface area contributed by atoms with Crippen LogP contribution in [0.5, 0.6) is 11.5 Å². The molecule has 3 nitrogen and oxygen atoms in total. The predicted octanol–water partition coefficient (Wildman–Crippen LogP) is 3.59. The zero-order chi connectivity index (χ0) is 15.7. The predicted molar refractivity (Wildman–Crippen MR) is 78.3 cm³/mol. The number of benzene rings is 1. The second-order valence-corrected chi connectivity index (χ2v) is 5.84. The summed E-state index contributed by atoms with van der Waals surface area (Å²) in [6.07, 6.45) is 3.99. The molecule has 0 aliphatic heterocycles. The minimum absolute atomic E-state index is 0.0962. The molecule has 0 saturated heterocycles. The Morgan fingerprint density at radius 1 is 1.19 bits per heavy atom. The maximum atomic E-state index is 13.9. The lowest BCUT2D eigenvalue weighted by Crippen LogP contribution is -2.32. The molecule has 1 fully saturated rings. The van der Waals surface area contributed by atoms with Crippen molar-refractivity contribution in [3.8, 4) is 11.5 Å². The summed E-state index contributed by atoms with van der Waals surface area (Å²) < 4.78 is 38.3. The van der Waals surface area contributed by atoms with Crippen LogP contribution in [-0.4, -0.2) is 20.8 Å². The number of rotatable bonds is 5. The molecule has 118 valence electrons. The van der Waals surface area contributed by atoms with Gasteiger partial charge in [0, 0.05) is 18.9 Å². The molecule has 1 aliphatic rings. The standard InChI is InChI=1S/C16H23F2NO2/c1-15(17,18)12-8-11(9-13(20-2)14(12)21-3)16(10-19)6-4-5-7-16/h8-9H,4-7,10,19H2,1-3H3. The van der Waals surface area contributed by atoms with Gasteiger partial charge in [-0.1, -0.05) is 12.8 Å². The molecule has 0 heterocycles. The van der Waals surface area contributed by atoms with Gasteiger partial charge in [0.15, 0.2) is 11.5 Å². The van der Waals surface area contributed by atoms with Crippen LogP contribution in [0.25, 0.3) is 0 Å². The highest BCUT2D eigenvalue weighted by atomic mass is 19.3. The third-order valence-electron chi connectivity index (χ3n) is 4.52. The lowest BCUT2D eigenvalue weighted by Gasteiger charge is -2.30. The molecule has 21 heavy (non-hydrogen) atoms. The van der Waals surface area contributed by atoms with Gasteiger partial charge in [-0.25, -0.2) is 8.78 Å². The minimum atomic E-state index is -3.00. The molecular weight excluding hydrogens is 276 g/mol. The molecule has 1 aromatic carbocycles. The highest BCUT2D eigenvalue weighted by Gasteiger charge is 2.38. The van der Waals surface area contributed by atoms with E-state index in [4.69, 9.17) is 15.2 Å². The van der Waals surface area contributed by atoms with E-state index in [0.717, 1.165) is 38.2 Å². The Balaban J connectivity index is 2.63. The van der Waals surface area contributed by atoms with Crippen molar-refractivity contribution < 1.29 is 18.3 Å². The third-order valence-corrected chi connectivity index (χ3v) is 4.52. The number of hydrogen-bond donors (Lipinski definition) is 1. The van der Waals surface area contributed by atoms with Gasteiger partial charge in [-0.15, -0.1) is 0 Å². The number of nitrogens with two attached hydrogens (primary N) is 1. The van der Waals surface area contributed by atoms with E-state index >= 15 is 0 Å². The molecule has 0 unspecified atom stereocenters. The topological polar surface area (TPSA) is 44.5 Å². The number of alkyl halides is 2. The lowest BCUT2D eigenvalue weighted by atomic mass is 9.78. The summed E-state index contributed by atoms with van der Waals surface area (Å²) in [6, 6.07) is 3.34. The van der Waals surface area contributed by atoms with Gasteiger partial charge in [0.1, 0.15) is 0 Å². The Kier molecular flexibility index (Phi) is 4.42. The van der Waals surface area contributed by atoms with E-state index in [1.807, 2.05) is 0 Å². The molecule has 0 atom stereocenters. The Morgan fingerprint density at radius 2 is 1.81 bits per heavy atom. The molecule has 2 N–H and O–H groups in total. The van der Waals surface area contributed by atoms with E-state index in [1.165, 1.54) is 14.2 Å². The molecule has 0 bridgehead atoms. The highest BCUT2D eigenvalue weighted by Crippen LogP contribution is 2.47. The molecular formula is C16H23F2NO2. The molecule has 5 heteroatoms. The number of hydrogen-bond acceptors (Lipinski definition) is 3. The normalized spacial score (nSPS) is 17.8. The van der Waals surface area contributed by atoms with Crippen molar-refractivity contribution in [1.82, 2.24) is 0 Å². The van der Waals surface area contributed by atoms with Crippen molar-refractivity contribution in [2.45, 2.75) is 43.9 Å². The average molecular weight is 299 g/mol. The molecule has 1 saturated carbocycles. The van der Waals surface area contributed by atoms with Crippen molar-refractivity contribution in [1.29, 1.82) is 0 Å². The summed E-state index contributed by atoms with van der Waals surface area (Å²) in [7, 11) is 2.84. The van der Waals surface area contributed by atoms with Crippen LogP contribution in [0.3, 0.4) is 0 Å². The van der Waals surface area contributed by atoms with Crippen molar-refractivity contribution in [3.63, 3.8) is 0 Å². The van der Waals surface area contributed by atoms with Gasteiger partial charge in [0.2, 0.25) is 0 Å². The third kappa shape index (κ3) is 2.84. The van der Waals surface area contributed by atoms with Crippen LogP contribution in [0.2, 0.25) is 0 Å². The quantitative estimate of drug-likeness (QED) is 0.903. The summed E-state index contributed by atoms with van der Waals surface area (Å²) in [5, 5.41) is 0. The zero-order valence-corrected chi connectivity index (χ0v) is 12.8. The van der Waals surface area contributed by atoms with Crippen LogP contribution in [0, 0.1) is 0 Å². The Bertz CT molecular complexity index is 506. The van der Waals surface area contributed by atoms with Gasteiger partial charge >= 0.3 is 0 Å². The molecule has 0 amide bonds. The first-order chi connectivity index (χ1) is 9.88. The molecule has 2 rings (SSSR count). The number of ether oxygens (including phenoxy) is 2. The van der Waals surface area contributed by atoms with Crippen LogP contribution in [0.15, 0.2) is 12.1 Å². The van der Waals surface area contributed by atoms with Crippen LogP contribution >= 0.6 is 0 Å². The van der Waals surface area contributed by atoms with Gasteiger partial charge in [-0.2, -0.15) is 0 Å². The van der Waals surface area contributed by atoms with Gasteiger partial charge in [-0.05, 0) is 30.5 Å². The van der Waals surface area contributed by atoms with E-state index in [9.17, 15) is 8.78 Å². The molecule has 1 aromatic rings. The van der Waals surface area contributed by atoms with Gasteiger partial charge in [0.25, 0.3) is 5.92 Å². The van der Waals surface area contributed by atoms with Crippen LogP contribution in [0.1, 0.15) is 43.7 Å². The van der Waals surface area contributed by atoms with Crippen molar-refractivity contribution >= 4 is 0 Å². The number of methoxy groups -OCH3 is 2. The van der Waals surface area contributed by atoms with Crippen LogP contribution < -0.4 is 15.2 Å². The summed E-state index contributed by atoms with van der Waals surface area (Å²) in [6.45, 7) is 1.33.